The van der Waals surface area contributed by atoms with Gasteiger partial charge in [-0.25, -0.2) is 14.4 Å². The molecule has 0 radical (unpaired) electrons. The van der Waals surface area contributed by atoms with Crippen LogP contribution in [0.4, 0.5) is 9.59 Å². The van der Waals surface area contributed by atoms with E-state index in [0.29, 0.717) is 31.8 Å². The number of cyclic esters (lactones) is 1. The van der Waals surface area contributed by atoms with Crippen molar-refractivity contribution >= 4 is 18.2 Å². The lowest BCUT2D eigenvalue weighted by Crippen LogP contribution is -2.52. The van der Waals surface area contributed by atoms with Crippen molar-refractivity contribution in [2.24, 2.45) is 5.92 Å². The summed E-state index contributed by atoms with van der Waals surface area (Å²) in [7, 11) is 0. The standard InChI is InChI=1S/C23H41NO7/c1-15(2)14-28-17-11-10-12-18(19(25)29-16(3)13-17)24(20(26)30-22(4,5)6)21(27)31-23(7,8)9/h15-18H,10-14H2,1-9H3/t16?,17?,18-/m0/s1. The summed E-state index contributed by atoms with van der Waals surface area (Å²) >= 11 is 0. The highest BCUT2D eigenvalue weighted by atomic mass is 16.6. The fourth-order valence-corrected chi connectivity index (χ4v) is 3.14. The minimum absolute atomic E-state index is 0.0551. The summed E-state index contributed by atoms with van der Waals surface area (Å²) in [5.41, 5.74) is -1.69. The Kier molecular flexibility index (Phi) is 9.79. The van der Waals surface area contributed by atoms with Crippen molar-refractivity contribution in [2.75, 3.05) is 6.61 Å². The number of carbonyl (C=O) groups is 3. The lowest BCUT2D eigenvalue weighted by Gasteiger charge is -2.32. The van der Waals surface area contributed by atoms with E-state index in [-0.39, 0.29) is 12.5 Å². The molecule has 0 aromatic rings. The van der Waals surface area contributed by atoms with Gasteiger partial charge in [-0.2, -0.15) is 4.90 Å². The topological polar surface area (TPSA) is 91.4 Å². The van der Waals surface area contributed by atoms with Crippen LogP contribution < -0.4 is 0 Å². The first kappa shape index (κ1) is 27.2. The first-order chi connectivity index (χ1) is 14.1. The zero-order chi connectivity index (χ0) is 24.0. The predicted octanol–water partition coefficient (Wildman–Crippen LogP) is 5.07. The van der Waals surface area contributed by atoms with Crippen molar-refractivity contribution in [1.82, 2.24) is 4.90 Å². The molecule has 0 N–H and O–H groups in total. The molecule has 0 spiro atoms. The van der Waals surface area contributed by atoms with Gasteiger partial charge in [0.1, 0.15) is 23.3 Å². The van der Waals surface area contributed by atoms with Crippen molar-refractivity contribution in [1.29, 1.82) is 0 Å². The maximum absolute atomic E-state index is 13.0. The summed E-state index contributed by atoms with van der Waals surface area (Å²) in [6.07, 6.45) is -0.246. The first-order valence-electron chi connectivity index (χ1n) is 11.2. The van der Waals surface area contributed by atoms with Gasteiger partial charge < -0.3 is 18.9 Å². The minimum atomic E-state index is -1.13. The van der Waals surface area contributed by atoms with Gasteiger partial charge in [0, 0.05) is 13.0 Å². The highest BCUT2D eigenvalue weighted by Crippen LogP contribution is 2.24. The smallest absolute Gasteiger partial charge is 0.420 e. The van der Waals surface area contributed by atoms with Gasteiger partial charge in [0.2, 0.25) is 0 Å². The molecule has 0 bridgehead atoms. The molecule has 1 heterocycles. The summed E-state index contributed by atoms with van der Waals surface area (Å²) in [6.45, 7) is 16.7. The molecule has 0 aromatic heterocycles. The molecule has 31 heavy (non-hydrogen) atoms. The van der Waals surface area contributed by atoms with Gasteiger partial charge >= 0.3 is 18.2 Å². The maximum Gasteiger partial charge on any atom is 0.420 e. The Bertz CT molecular complexity index is 590. The van der Waals surface area contributed by atoms with Crippen LogP contribution in [0.1, 0.15) is 88.0 Å². The molecule has 0 aromatic carbocycles. The number of imide groups is 1. The molecular weight excluding hydrogens is 402 g/mol. The molecule has 180 valence electrons. The summed E-state index contributed by atoms with van der Waals surface area (Å²) in [5, 5.41) is 0. The van der Waals surface area contributed by atoms with Crippen LogP contribution in [0.25, 0.3) is 0 Å². The first-order valence-corrected chi connectivity index (χ1v) is 11.2. The molecule has 8 nitrogen and oxygen atoms in total. The van der Waals surface area contributed by atoms with Crippen molar-refractivity contribution in [3.8, 4) is 0 Å². The molecule has 1 fully saturated rings. The predicted molar refractivity (Wildman–Crippen MR) is 117 cm³/mol. The van der Waals surface area contributed by atoms with Gasteiger partial charge in [-0.15, -0.1) is 0 Å². The van der Waals surface area contributed by atoms with E-state index in [1.165, 1.54) is 0 Å². The quantitative estimate of drug-likeness (QED) is 0.442. The third kappa shape index (κ3) is 10.4. The number of nitrogens with zero attached hydrogens (tertiary/aromatic N) is 1. The van der Waals surface area contributed by atoms with Crippen molar-refractivity contribution in [3.05, 3.63) is 0 Å². The molecule has 1 aliphatic heterocycles. The molecule has 8 heteroatoms. The Labute approximate surface area is 186 Å². The Morgan fingerprint density at radius 2 is 1.55 bits per heavy atom. The van der Waals surface area contributed by atoms with Gasteiger partial charge in [0.15, 0.2) is 0 Å². The number of ether oxygens (including phenoxy) is 4. The molecule has 3 atom stereocenters. The van der Waals surface area contributed by atoms with Gasteiger partial charge in [-0.1, -0.05) is 13.8 Å². The van der Waals surface area contributed by atoms with Gasteiger partial charge in [0.25, 0.3) is 0 Å². The highest BCUT2D eigenvalue weighted by Gasteiger charge is 2.42. The second kappa shape index (κ2) is 11.2. The van der Waals surface area contributed by atoms with Crippen LogP contribution in [0.3, 0.4) is 0 Å². The third-order valence-electron chi connectivity index (χ3n) is 4.35. The van der Waals surface area contributed by atoms with E-state index in [1.54, 1.807) is 48.5 Å². The molecule has 0 aliphatic carbocycles. The Hall–Kier alpha value is -1.83. The second-order valence-corrected chi connectivity index (χ2v) is 10.6. The lowest BCUT2D eigenvalue weighted by molar-refractivity contribution is -0.155. The van der Waals surface area contributed by atoms with E-state index < -0.39 is 41.5 Å². The monoisotopic (exact) mass is 443 g/mol. The Morgan fingerprint density at radius 1 is 1.03 bits per heavy atom. The van der Waals surface area contributed by atoms with E-state index >= 15 is 0 Å². The molecule has 1 saturated heterocycles. The van der Waals surface area contributed by atoms with Crippen LogP contribution in [0.5, 0.6) is 0 Å². The van der Waals surface area contributed by atoms with Gasteiger partial charge in [-0.05, 0) is 73.6 Å². The molecule has 2 amide bonds. The van der Waals surface area contributed by atoms with Crippen LogP contribution >= 0.6 is 0 Å². The average Bonchev–Trinajstić information content (AvgIpc) is 2.60. The molecule has 1 rings (SSSR count). The van der Waals surface area contributed by atoms with Crippen LogP contribution in [0.15, 0.2) is 0 Å². The summed E-state index contributed by atoms with van der Waals surface area (Å²) in [5.74, 6) is -0.248. The molecule has 0 saturated carbocycles. The number of esters is 1. The van der Waals surface area contributed by atoms with Gasteiger partial charge in [-0.3, -0.25) is 0 Å². The number of hydrogen-bond acceptors (Lipinski definition) is 7. The van der Waals surface area contributed by atoms with E-state index in [1.807, 2.05) is 0 Å². The number of hydrogen-bond donors (Lipinski definition) is 0. The molecule has 1 aliphatic rings. The maximum atomic E-state index is 13.0. The average molecular weight is 444 g/mol. The number of carbonyl (C=O) groups excluding carboxylic acids is 3. The zero-order valence-electron chi connectivity index (χ0n) is 20.6. The SMILES string of the molecule is CC(C)COC1CCC[C@H](N(C(=O)OC(C)(C)C)C(=O)OC(C)(C)C)C(=O)OC(C)C1. The van der Waals surface area contributed by atoms with Crippen molar-refractivity contribution in [2.45, 2.75) is 117 Å². The highest BCUT2D eigenvalue weighted by molar-refractivity contribution is 5.94. The normalized spacial score (nSPS) is 23.3. The Balaban J connectivity index is 3.12. The van der Waals surface area contributed by atoms with Crippen LogP contribution in [-0.4, -0.2) is 59.1 Å². The summed E-state index contributed by atoms with van der Waals surface area (Å²) in [4.78, 5) is 39.5. The Morgan fingerprint density at radius 3 is 2.00 bits per heavy atom. The number of amides is 2. The zero-order valence-corrected chi connectivity index (χ0v) is 20.6. The van der Waals surface area contributed by atoms with E-state index in [9.17, 15) is 14.4 Å². The van der Waals surface area contributed by atoms with Crippen LogP contribution in [0.2, 0.25) is 0 Å². The van der Waals surface area contributed by atoms with Crippen LogP contribution in [-0.2, 0) is 23.7 Å². The van der Waals surface area contributed by atoms with E-state index in [0.717, 1.165) is 4.90 Å². The van der Waals surface area contributed by atoms with Gasteiger partial charge in [0.05, 0.1) is 6.10 Å². The van der Waals surface area contributed by atoms with E-state index in [4.69, 9.17) is 18.9 Å². The molecule has 2 unspecified atom stereocenters. The van der Waals surface area contributed by atoms with E-state index in [2.05, 4.69) is 13.8 Å². The summed E-state index contributed by atoms with van der Waals surface area (Å²) < 4.78 is 22.4. The third-order valence-corrected chi connectivity index (χ3v) is 4.35. The van der Waals surface area contributed by atoms with Crippen molar-refractivity contribution < 1.29 is 33.3 Å². The second-order valence-electron chi connectivity index (χ2n) is 10.6. The van der Waals surface area contributed by atoms with Crippen molar-refractivity contribution in [3.63, 3.8) is 0 Å². The fourth-order valence-electron chi connectivity index (χ4n) is 3.14. The lowest BCUT2D eigenvalue weighted by atomic mass is 10.0. The summed E-state index contributed by atoms with van der Waals surface area (Å²) in [6, 6.07) is -1.13. The minimum Gasteiger partial charge on any atom is -0.461 e. The van der Waals surface area contributed by atoms with Crippen LogP contribution in [0, 0.1) is 5.92 Å². The fraction of sp³-hybridized carbons (Fsp3) is 0.870. The number of rotatable bonds is 4. The largest absolute Gasteiger partial charge is 0.461 e. The molecular formula is C23H41NO7.